The average molecular weight is 689 g/mol. The van der Waals surface area contributed by atoms with Crippen molar-refractivity contribution in [2.75, 3.05) is 25.0 Å². The molecule has 1 saturated heterocycles. The van der Waals surface area contributed by atoms with Gasteiger partial charge < -0.3 is 24.9 Å². The molecule has 1 fully saturated rings. The number of aryl methyl sites for hydroxylation is 1. The number of nitrogens with zero attached hydrogens (tertiary/aromatic N) is 2. The molecule has 4 aromatic rings. The lowest BCUT2D eigenvalue weighted by Gasteiger charge is -2.35. The second-order valence-corrected chi connectivity index (χ2v) is 13.9. The highest BCUT2D eigenvalue weighted by molar-refractivity contribution is 7.22. The molecule has 2 aromatic carbocycles. The van der Waals surface area contributed by atoms with Crippen molar-refractivity contribution in [3.8, 4) is 5.75 Å². The molecule has 46 heavy (non-hydrogen) atoms. The number of H-pyrrole nitrogens is 1. The van der Waals surface area contributed by atoms with Crippen LogP contribution in [0.25, 0.3) is 10.2 Å². The van der Waals surface area contributed by atoms with Crippen LogP contribution in [-0.2, 0) is 4.74 Å². The van der Waals surface area contributed by atoms with E-state index in [1.165, 1.54) is 12.1 Å². The number of aromatic carboxylic acids is 1. The second-order valence-electron chi connectivity index (χ2n) is 12.1. The van der Waals surface area contributed by atoms with Crippen LogP contribution in [0.1, 0.15) is 71.8 Å². The third-order valence-electron chi connectivity index (χ3n) is 7.38. The fourth-order valence-corrected chi connectivity index (χ4v) is 6.49. The zero-order chi connectivity index (χ0) is 33.2. The Balaban J connectivity index is 1.36. The summed E-state index contributed by atoms with van der Waals surface area (Å²) in [5.74, 6) is -1.38. The summed E-state index contributed by atoms with van der Waals surface area (Å²) in [6, 6.07) is 12.6. The third kappa shape index (κ3) is 8.11. The highest BCUT2D eigenvalue weighted by Gasteiger charge is 2.27. The standard InChI is InChI=1S/C32H35Cl2N5O6S/c1-17-24(33)25(34)27(35-17)28(40)38-30-37-26-21(14-19(29(41)42)15-23(26)46-30)44-22(18-8-6-5-7-9-18)16-39-12-10-20(11-13-39)36-31(43)45-32(2,3)4/h5-9,14-15,20,22,35H,10-13,16H2,1-4H3,(H,36,43)(H,41,42)(H,37,38,40). The molecule has 2 amide bonds. The summed E-state index contributed by atoms with van der Waals surface area (Å²) in [7, 11) is 0. The zero-order valence-corrected chi connectivity index (χ0v) is 28.1. The molecular weight excluding hydrogens is 653 g/mol. The quantitative estimate of drug-likeness (QED) is 0.143. The number of piperidine rings is 1. The van der Waals surface area contributed by atoms with Gasteiger partial charge >= 0.3 is 12.1 Å². The van der Waals surface area contributed by atoms with Gasteiger partial charge in [-0.2, -0.15) is 0 Å². The number of carboxylic acids is 1. The van der Waals surface area contributed by atoms with Crippen molar-refractivity contribution >= 4 is 67.9 Å². The van der Waals surface area contributed by atoms with Crippen LogP contribution in [0.15, 0.2) is 42.5 Å². The van der Waals surface area contributed by atoms with Gasteiger partial charge in [0.2, 0.25) is 0 Å². The number of carbonyl (C=O) groups is 3. The molecule has 4 N–H and O–H groups in total. The van der Waals surface area contributed by atoms with Crippen molar-refractivity contribution in [2.45, 2.75) is 58.3 Å². The summed E-state index contributed by atoms with van der Waals surface area (Å²) < 4.78 is 12.5. The summed E-state index contributed by atoms with van der Waals surface area (Å²) in [6.07, 6.45) is 0.591. The molecule has 1 unspecified atom stereocenters. The van der Waals surface area contributed by atoms with Crippen molar-refractivity contribution in [3.63, 3.8) is 0 Å². The minimum atomic E-state index is -1.12. The number of thiazole rings is 1. The number of alkyl carbamates (subject to hydrolysis) is 1. The monoisotopic (exact) mass is 687 g/mol. The summed E-state index contributed by atoms with van der Waals surface area (Å²) in [6.45, 7) is 9.14. The lowest BCUT2D eigenvalue weighted by molar-refractivity contribution is 0.0465. The SMILES string of the molecule is Cc1[nH]c(C(=O)Nc2nc3c(OC(CN4CCC(NC(=O)OC(C)(C)C)CC4)c4ccccc4)cc(C(=O)O)cc3s2)c(Cl)c1Cl. The van der Waals surface area contributed by atoms with Gasteiger partial charge in [-0.1, -0.05) is 64.9 Å². The molecule has 5 rings (SSSR count). The minimum Gasteiger partial charge on any atom is -0.482 e. The number of aromatic nitrogens is 2. The molecule has 2 aromatic heterocycles. The Bertz CT molecular complexity index is 1750. The van der Waals surface area contributed by atoms with E-state index in [1.54, 1.807) is 6.92 Å². The third-order valence-corrected chi connectivity index (χ3v) is 9.25. The minimum absolute atomic E-state index is 0.00139. The Morgan fingerprint density at radius 1 is 1.13 bits per heavy atom. The van der Waals surface area contributed by atoms with Crippen LogP contribution in [0.4, 0.5) is 9.93 Å². The molecule has 0 saturated carbocycles. The van der Waals surface area contributed by atoms with Crippen molar-refractivity contribution in [1.29, 1.82) is 0 Å². The first-order valence-corrected chi connectivity index (χ1v) is 16.3. The maximum absolute atomic E-state index is 13.0. The molecule has 11 nitrogen and oxygen atoms in total. The average Bonchev–Trinajstić information content (AvgIpc) is 3.52. The van der Waals surface area contributed by atoms with Crippen molar-refractivity contribution < 1.29 is 29.0 Å². The van der Waals surface area contributed by atoms with Crippen LogP contribution in [0.3, 0.4) is 0 Å². The van der Waals surface area contributed by atoms with Gasteiger partial charge in [-0.25, -0.2) is 14.6 Å². The van der Waals surface area contributed by atoms with Crippen molar-refractivity contribution in [3.05, 3.63) is 75.0 Å². The predicted octanol–water partition coefficient (Wildman–Crippen LogP) is 7.30. The summed E-state index contributed by atoms with van der Waals surface area (Å²) in [5, 5.41) is 16.2. The summed E-state index contributed by atoms with van der Waals surface area (Å²) >= 11 is 13.5. The molecule has 3 heterocycles. The van der Waals surface area contributed by atoms with Gasteiger partial charge in [0.25, 0.3) is 5.91 Å². The molecule has 14 heteroatoms. The van der Waals surface area contributed by atoms with Gasteiger partial charge in [-0.3, -0.25) is 15.0 Å². The Kier molecular flexibility index (Phi) is 10.1. The van der Waals surface area contributed by atoms with Crippen molar-refractivity contribution in [1.82, 2.24) is 20.2 Å². The van der Waals surface area contributed by atoms with E-state index in [-0.39, 0.29) is 38.2 Å². The molecule has 244 valence electrons. The summed E-state index contributed by atoms with van der Waals surface area (Å²) in [5.41, 5.74) is 1.43. The van der Waals surface area contributed by atoms with Gasteiger partial charge in [-0.05, 0) is 58.2 Å². The number of halogens is 2. The molecule has 0 spiro atoms. The van der Waals surface area contributed by atoms with E-state index in [0.29, 0.717) is 22.5 Å². The zero-order valence-electron chi connectivity index (χ0n) is 25.8. The van der Waals surface area contributed by atoms with Crippen molar-refractivity contribution in [2.24, 2.45) is 0 Å². The number of rotatable bonds is 9. The maximum atomic E-state index is 13.0. The van der Waals surface area contributed by atoms with E-state index in [4.69, 9.17) is 32.7 Å². The van der Waals surface area contributed by atoms with Crippen LogP contribution in [0.5, 0.6) is 5.75 Å². The first kappa shape index (κ1) is 33.5. The molecular formula is C32H35Cl2N5O6S. The molecule has 0 aliphatic carbocycles. The molecule has 0 radical (unpaired) electrons. The number of aromatic amines is 1. The van der Waals surface area contributed by atoms with Gasteiger partial charge in [0.05, 0.1) is 20.3 Å². The number of likely N-dealkylation sites (tertiary alicyclic amines) is 1. The predicted molar refractivity (Wildman–Crippen MR) is 179 cm³/mol. The van der Waals surface area contributed by atoms with Crippen LogP contribution < -0.4 is 15.4 Å². The number of carbonyl (C=O) groups excluding carboxylic acids is 2. The van der Waals surface area contributed by atoms with Gasteiger partial charge in [0.1, 0.15) is 28.7 Å². The van der Waals surface area contributed by atoms with Crippen LogP contribution in [0.2, 0.25) is 10.0 Å². The largest absolute Gasteiger partial charge is 0.482 e. The highest BCUT2D eigenvalue weighted by Crippen LogP contribution is 2.37. The van der Waals surface area contributed by atoms with Gasteiger partial charge in [0, 0.05) is 31.4 Å². The number of amides is 2. The number of fused-ring (bicyclic) bond motifs is 1. The van der Waals surface area contributed by atoms with E-state index in [0.717, 1.165) is 42.8 Å². The topological polar surface area (TPSA) is 146 Å². The maximum Gasteiger partial charge on any atom is 0.407 e. The number of anilines is 1. The number of benzene rings is 2. The number of nitrogens with one attached hydrogen (secondary N) is 3. The number of hydrogen-bond donors (Lipinski definition) is 4. The molecule has 1 aliphatic heterocycles. The molecule has 0 bridgehead atoms. The van der Waals surface area contributed by atoms with Crippen LogP contribution in [-0.4, -0.2) is 69.2 Å². The normalized spacial score (nSPS) is 15.0. The lowest BCUT2D eigenvalue weighted by atomic mass is 10.0. The molecule has 1 atom stereocenters. The number of hydrogen-bond acceptors (Lipinski definition) is 8. The van der Waals surface area contributed by atoms with E-state index in [2.05, 4.69) is 25.5 Å². The van der Waals surface area contributed by atoms with E-state index in [1.807, 2.05) is 51.1 Å². The Morgan fingerprint density at radius 3 is 2.43 bits per heavy atom. The van der Waals surface area contributed by atoms with E-state index < -0.39 is 29.7 Å². The number of carboxylic acid groups (broad SMARTS) is 1. The first-order valence-electron chi connectivity index (χ1n) is 14.7. The second kappa shape index (κ2) is 13.9. The Labute approximate surface area is 280 Å². The Morgan fingerprint density at radius 2 is 1.83 bits per heavy atom. The summed E-state index contributed by atoms with van der Waals surface area (Å²) in [4.78, 5) is 47.1. The lowest BCUT2D eigenvalue weighted by Crippen LogP contribution is -2.47. The fraction of sp³-hybridized carbons (Fsp3) is 0.375. The van der Waals surface area contributed by atoms with Crippen LogP contribution in [0, 0.1) is 6.92 Å². The van der Waals surface area contributed by atoms with Crippen LogP contribution >= 0.6 is 34.5 Å². The first-order chi connectivity index (χ1) is 21.8. The highest BCUT2D eigenvalue weighted by atomic mass is 35.5. The van der Waals surface area contributed by atoms with Gasteiger partial charge in [0.15, 0.2) is 5.13 Å². The van der Waals surface area contributed by atoms with Gasteiger partial charge in [-0.15, -0.1) is 0 Å². The molecule has 1 aliphatic rings. The van der Waals surface area contributed by atoms with E-state index in [9.17, 15) is 19.5 Å². The smallest absolute Gasteiger partial charge is 0.407 e. The van der Waals surface area contributed by atoms with E-state index >= 15 is 0 Å². The fourth-order valence-electron chi connectivity index (χ4n) is 5.15. The number of ether oxygens (including phenoxy) is 2. The Hall–Kier alpha value is -3.84.